The SMILES string of the molecule is N#C/C(=C/c1ccccc1)Cn1ccnc1N. The summed E-state index contributed by atoms with van der Waals surface area (Å²) >= 11 is 0. The summed E-state index contributed by atoms with van der Waals surface area (Å²) in [5.74, 6) is 0.416. The zero-order valence-electron chi connectivity index (χ0n) is 9.24. The third kappa shape index (κ3) is 2.73. The van der Waals surface area contributed by atoms with Crippen molar-refractivity contribution < 1.29 is 0 Å². The van der Waals surface area contributed by atoms with Gasteiger partial charge in [-0.25, -0.2) is 4.98 Å². The van der Waals surface area contributed by atoms with E-state index in [1.807, 2.05) is 36.4 Å². The van der Waals surface area contributed by atoms with Crippen LogP contribution in [0.4, 0.5) is 5.95 Å². The van der Waals surface area contributed by atoms with Crippen molar-refractivity contribution in [1.29, 1.82) is 5.26 Å². The second kappa shape index (κ2) is 4.99. The van der Waals surface area contributed by atoms with E-state index in [9.17, 15) is 0 Å². The maximum Gasteiger partial charge on any atom is 0.200 e. The fraction of sp³-hybridized carbons (Fsp3) is 0.0769. The Morgan fingerprint density at radius 1 is 1.41 bits per heavy atom. The number of allylic oxidation sites excluding steroid dienone is 1. The van der Waals surface area contributed by atoms with E-state index >= 15 is 0 Å². The first kappa shape index (κ1) is 11.0. The minimum absolute atomic E-state index is 0.416. The fourth-order valence-electron chi connectivity index (χ4n) is 1.52. The van der Waals surface area contributed by atoms with E-state index in [0.29, 0.717) is 18.1 Å². The van der Waals surface area contributed by atoms with E-state index in [2.05, 4.69) is 11.1 Å². The van der Waals surface area contributed by atoms with Gasteiger partial charge in [-0.2, -0.15) is 5.26 Å². The molecule has 0 saturated heterocycles. The third-order valence-corrected chi connectivity index (χ3v) is 2.37. The topological polar surface area (TPSA) is 67.6 Å². The highest BCUT2D eigenvalue weighted by Gasteiger charge is 2.01. The summed E-state index contributed by atoms with van der Waals surface area (Å²) < 4.78 is 1.73. The molecule has 4 heteroatoms. The lowest BCUT2D eigenvalue weighted by Gasteiger charge is -2.03. The van der Waals surface area contributed by atoms with Gasteiger partial charge < -0.3 is 10.3 Å². The number of benzene rings is 1. The number of aromatic nitrogens is 2. The molecule has 0 aliphatic rings. The number of nitriles is 1. The van der Waals surface area contributed by atoms with Crippen molar-refractivity contribution >= 4 is 12.0 Å². The monoisotopic (exact) mass is 224 g/mol. The largest absolute Gasteiger partial charge is 0.369 e. The van der Waals surface area contributed by atoms with Crippen LogP contribution in [0, 0.1) is 11.3 Å². The van der Waals surface area contributed by atoms with Gasteiger partial charge in [0.2, 0.25) is 0 Å². The normalized spacial score (nSPS) is 11.1. The molecular formula is C13H12N4. The van der Waals surface area contributed by atoms with Gasteiger partial charge in [0.1, 0.15) is 0 Å². The predicted molar refractivity (Wildman–Crippen MR) is 66.7 cm³/mol. The first-order valence-corrected chi connectivity index (χ1v) is 5.22. The van der Waals surface area contributed by atoms with E-state index < -0.39 is 0 Å². The van der Waals surface area contributed by atoms with Gasteiger partial charge in [-0.1, -0.05) is 30.3 Å². The molecule has 0 bridgehead atoms. The Kier molecular flexibility index (Phi) is 3.22. The highest BCUT2D eigenvalue weighted by atomic mass is 15.1. The number of rotatable bonds is 3. The quantitative estimate of drug-likeness (QED) is 0.811. The Morgan fingerprint density at radius 2 is 2.18 bits per heavy atom. The van der Waals surface area contributed by atoms with Gasteiger partial charge in [0.25, 0.3) is 0 Å². The van der Waals surface area contributed by atoms with Gasteiger partial charge in [0.05, 0.1) is 12.6 Å². The van der Waals surface area contributed by atoms with Crippen molar-refractivity contribution in [3.8, 4) is 6.07 Å². The molecular weight excluding hydrogens is 212 g/mol. The predicted octanol–water partition coefficient (Wildman–Crippen LogP) is 2.07. The van der Waals surface area contributed by atoms with Gasteiger partial charge in [0.15, 0.2) is 5.95 Å². The number of anilines is 1. The first-order valence-electron chi connectivity index (χ1n) is 5.22. The third-order valence-electron chi connectivity index (χ3n) is 2.37. The van der Waals surface area contributed by atoms with Crippen molar-refractivity contribution in [3.63, 3.8) is 0 Å². The summed E-state index contributed by atoms with van der Waals surface area (Å²) in [7, 11) is 0. The molecule has 0 atom stereocenters. The molecule has 17 heavy (non-hydrogen) atoms. The highest BCUT2D eigenvalue weighted by Crippen LogP contribution is 2.10. The van der Waals surface area contributed by atoms with Crippen LogP contribution in [-0.2, 0) is 6.54 Å². The van der Waals surface area contributed by atoms with E-state index in [-0.39, 0.29) is 0 Å². The summed E-state index contributed by atoms with van der Waals surface area (Å²) in [5.41, 5.74) is 7.29. The van der Waals surface area contributed by atoms with Crippen molar-refractivity contribution in [3.05, 3.63) is 53.9 Å². The Labute approximate surface area is 99.6 Å². The van der Waals surface area contributed by atoms with Crippen LogP contribution in [0.25, 0.3) is 6.08 Å². The number of nitrogens with two attached hydrogens (primary N) is 1. The summed E-state index contributed by atoms with van der Waals surface area (Å²) in [5, 5.41) is 9.08. The molecule has 84 valence electrons. The summed E-state index contributed by atoms with van der Waals surface area (Å²) in [4.78, 5) is 3.92. The molecule has 0 spiro atoms. The molecule has 0 aliphatic heterocycles. The molecule has 0 unspecified atom stereocenters. The zero-order valence-corrected chi connectivity index (χ0v) is 9.24. The fourth-order valence-corrected chi connectivity index (χ4v) is 1.52. The van der Waals surface area contributed by atoms with Crippen LogP contribution in [0.2, 0.25) is 0 Å². The van der Waals surface area contributed by atoms with E-state index in [1.165, 1.54) is 0 Å². The molecule has 0 amide bonds. The highest BCUT2D eigenvalue weighted by molar-refractivity contribution is 5.56. The first-order chi connectivity index (χ1) is 8.29. The summed E-state index contributed by atoms with van der Waals surface area (Å²) in [6.45, 7) is 0.442. The van der Waals surface area contributed by atoms with Gasteiger partial charge >= 0.3 is 0 Å². The molecule has 1 heterocycles. The van der Waals surface area contributed by atoms with Crippen LogP contribution in [-0.4, -0.2) is 9.55 Å². The average Bonchev–Trinajstić information content (AvgIpc) is 2.75. The van der Waals surface area contributed by atoms with Gasteiger partial charge in [-0.05, 0) is 11.6 Å². The minimum atomic E-state index is 0.416. The second-order valence-electron chi connectivity index (χ2n) is 3.61. The van der Waals surface area contributed by atoms with Crippen molar-refractivity contribution in [2.45, 2.75) is 6.54 Å². The van der Waals surface area contributed by atoms with Gasteiger partial charge in [0, 0.05) is 18.0 Å². The molecule has 0 saturated carbocycles. The number of nitrogen functional groups attached to an aromatic ring is 1. The van der Waals surface area contributed by atoms with E-state index in [0.717, 1.165) is 5.56 Å². The van der Waals surface area contributed by atoms with Gasteiger partial charge in [-0.15, -0.1) is 0 Å². The number of nitrogens with zero attached hydrogens (tertiary/aromatic N) is 3. The Morgan fingerprint density at radius 3 is 2.76 bits per heavy atom. The molecule has 4 nitrogen and oxygen atoms in total. The molecule has 0 radical (unpaired) electrons. The Balaban J connectivity index is 2.21. The summed E-state index contributed by atoms with van der Waals surface area (Å²) in [6, 6.07) is 11.9. The molecule has 0 aliphatic carbocycles. The maximum atomic E-state index is 9.08. The van der Waals surface area contributed by atoms with E-state index in [1.54, 1.807) is 17.0 Å². The van der Waals surface area contributed by atoms with Crippen LogP contribution in [0.3, 0.4) is 0 Å². The number of imidazole rings is 1. The lowest BCUT2D eigenvalue weighted by atomic mass is 10.1. The van der Waals surface area contributed by atoms with Crippen LogP contribution in [0.15, 0.2) is 48.3 Å². The Bertz CT molecular complexity index is 561. The lowest BCUT2D eigenvalue weighted by molar-refractivity contribution is 0.816. The number of hydrogen-bond donors (Lipinski definition) is 1. The van der Waals surface area contributed by atoms with Crippen LogP contribution >= 0.6 is 0 Å². The minimum Gasteiger partial charge on any atom is -0.369 e. The molecule has 2 N–H and O–H groups in total. The molecule has 1 aromatic carbocycles. The van der Waals surface area contributed by atoms with Crippen LogP contribution < -0.4 is 5.73 Å². The standard InChI is InChI=1S/C13H12N4/c14-9-12(8-11-4-2-1-3-5-11)10-17-7-6-16-13(17)15/h1-8H,10H2,(H2,15,16)/b12-8-. The van der Waals surface area contributed by atoms with Crippen molar-refractivity contribution in [2.24, 2.45) is 0 Å². The molecule has 2 rings (SSSR count). The molecule has 2 aromatic rings. The lowest BCUT2D eigenvalue weighted by Crippen LogP contribution is -2.03. The molecule has 1 aromatic heterocycles. The average molecular weight is 224 g/mol. The number of hydrogen-bond acceptors (Lipinski definition) is 3. The van der Waals surface area contributed by atoms with Crippen molar-refractivity contribution in [1.82, 2.24) is 9.55 Å². The molecule has 0 fully saturated rings. The zero-order chi connectivity index (χ0) is 12.1. The van der Waals surface area contributed by atoms with Crippen LogP contribution in [0.5, 0.6) is 0 Å². The second-order valence-corrected chi connectivity index (χ2v) is 3.61. The van der Waals surface area contributed by atoms with Gasteiger partial charge in [-0.3, -0.25) is 0 Å². The van der Waals surface area contributed by atoms with Crippen LogP contribution in [0.1, 0.15) is 5.56 Å². The smallest absolute Gasteiger partial charge is 0.200 e. The Hall–Kier alpha value is -2.54. The maximum absolute atomic E-state index is 9.08. The van der Waals surface area contributed by atoms with E-state index in [4.69, 9.17) is 11.0 Å². The van der Waals surface area contributed by atoms with Crippen molar-refractivity contribution in [2.75, 3.05) is 5.73 Å². The summed E-state index contributed by atoms with van der Waals surface area (Å²) in [6.07, 6.45) is 5.22.